The third-order valence-corrected chi connectivity index (χ3v) is 2.83. The molecule has 0 bridgehead atoms. The molecule has 0 radical (unpaired) electrons. The summed E-state index contributed by atoms with van der Waals surface area (Å²) in [6, 6.07) is 6.11. The number of hydrogen-bond donors (Lipinski definition) is 1. The number of aryl methyl sites for hydroxylation is 1. The van der Waals surface area contributed by atoms with Crippen LogP contribution in [0.3, 0.4) is 0 Å². The maximum Gasteiger partial charge on any atom is 0.160 e. The third-order valence-electron chi connectivity index (χ3n) is 2.83. The topological polar surface area (TPSA) is 42.2 Å². The minimum atomic E-state index is 0.750. The SMILES string of the molecule is Cc1cc(NCc2cccnc2)c2nccn2c1. The summed E-state index contributed by atoms with van der Waals surface area (Å²) in [6.07, 6.45) is 9.48. The number of hydrogen-bond acceptors (Lipinski definition) is 3. The van der Waals surface area contributed by atoms with Gasteiger partial charge in [-0.2, -0.15) is 0 Å². The van der Waals surface area contributed by atoms with Crippen LogP contribution in [-0.4, -0.2) is 14.4 Å². The lowest BCUT2D eigenvalue weighted by Gasteiger charge is -2.09. The molecule has 0 atom stereocenters. The van der Waals surface area contributed by atoms with Gasteiger partial charge < -0.3 is 9.72 Å². The molecule has 0 aromatic carbocycles. The zero-order chi connectivity index (χ0) is 12.4. The quantitative estimate of drug-likeness (QED) is 0.762. The van der Waals surface area contributed by atoms with E-state index in [1.54, 1.807) is 6.20 Å². The van der Waals surface area contributed by atoms with E-state index in [1.807, 2.05) is 29.1 Å². The summed E-state index contributed by atoms with van der Waals surface area (Å²) in [6.45, 7) is 2.83. The molecular weight excluding hydrogens is 224 g/mol. The molecule has 1 N–H and O–H groups in total. The van der Waals surface area contributed by atoms with E-state index in [2.05, 4.69) is 40.5 Å². The Bertz CT molecular complexity index is 658. The molecule has 4 nitrogen and oxygen atoms in total. The first-order chi connectivity index (χ1) is 8.83. The van der Waals surface area contributed by atoms with Crippen molar-refractivity contribution in [2.75, 3.05) is 5.32 Å². The standard InChI is InChI=1S/C14H14N4/c1-11-7-13(14-16-5-6-18(14)10-11)17-9-12-3-2-4-15-8-12/h2-8,10,17H,9H2,1H3. The van der Waals surface area contributed by atoms with Crippen molar-refractivity contribution in [2.45, 2.75) is 13.5 Å². The van der Waals surface area contributed by atoms with E-state index in [4.69, 9.17) is 0 Å². The Morgan fingerprint density at radius 3 is 3.11 bits per heavy atom. The summed E-state index contributed by atoms with van der Waals surface area (Å²) in [4.78, 5) is 8.46. The van der Waals surface area contributed by atoms with Crippen LogP contribution in [-0.2, 0) is 6.54 Å². The predicted molar refractivity (Wildman–Crippen MR) is 71.5 cm³/mol. The highest BCUT2D eigenvalue weighted by Gasteiger charge is 2.03. The molecule has 4 heteroatoms. The first-order valence-corrected chi connectivity index (χ1v) is 5.89. The highest BCUT2D eigenvalue weighted by atomic mass is 15.0. The zero-order valence-corrected chi connectivity index (χ0v) is 10.2. The van der Waals surface area contributed by atoms with E-state index in [0.717, 1.165) is 23.4 Å². The fourth-order valence-electron chi connectivity index (χ4n) is 2.00. The third kappa shape index (κ3) is 2.05. The fraction of sp³-hybridized carbons (Fsp3) is 0.143. The Labute approximate surface area is 105 Å². The number of rotatable bonds is 3. The molecular formula is C14H14N4. The van der Waals surface area contributed by atoms with Gasteiger partial charge in [0, 0.05) is 37.5 Å². The van der Waals surface area contributed by atoms with Crippen molar-refractivity contribution >= 4 is 11.3 Å². The van der Waals surface area contributed by atoms with Crippen molar-refractivity contribution in [3.63, 3.8) is 0 Å². The summed E-state index contributed by atoms with van der Waals surface area (Å²) in [5.41, 5.74) is 4.35. The van der Waals surface area contributed by atoms with E-state index < -0.39 is 0 Å². The molecule has 0 aliphatic carbocycles. The van der Waals surface area contributed by atoms with Crippen LogP contribution in [0.2, 0.25) is 0 Å². The van der Waals surface area contributed by atoms with Crippen molar-refractivity contribution in [3.8, 4) is 0 Å². The Balaban J connectivity index is 1.88. The number of anilines is 1. The molecule has 0 fully saturated rings. The van der Waals surface area contributed by atoms with Crippen molar-refractivity contribution in [2.24, 2.45) is 0 Å². The van der Waals surface area contributed by atoms with Crippen LogP contribution >= 0.6 is 0 Å². The number of imidazole rings is 1. The lowest BCUT2D eigenvalue weighted by Crippen LogP contribution is -2.02. The van der Waals surface area contributed by atoms with Gasteiger partial charge in [-0.1, -0.05) is 6.07 Å². The number of nitrogens with zero attached hydrogens (tertiary/aromatic N) is 3. The minimum absolute atomic E-state index is 0.750. The van der Waals surface area contributed by atoms with E-state index >= 15 is 0 Å². The van der Waals surface area contributed by atoms with Gasteiger partial charge in [-0.05, 0) is 30.2 Å². The smallest absolute Gasteiger partial charge is 0.160 e. The molecule has 0 amide bonds. The summed E-state index contributed by atoms with van der Waals surface area (Å²) in [5, 5.41) is 3.41. The highest BCUT2D eigenvalue weighted by molar-refractivity contribution is 5.68. The first kappa shape index (κ1) is 10.8. The highest BCUT2D eigenvalue weighted by Crippen LogP contribution is 2.18. The van der Waals surface area contributed by atoms with Crippen LogP contribution in [0.4, 0.5) is 5.69 Å². The Morgan fingerprint density at radius 2 is 2.28 bits per heavy atom. The summed E-state index contributed by atoms with van der Waals surface area (Å²) in [7, 11) is 0. The minimum Gasteiger partial charge on any atom is -0.378 e. The monoisotopic (exact) mass is 238 g/mol. The molecule has 0 unspecified atom stereocenters. The lowest BCUT2D eigenvalue weighted by atomic mass is 10.2. The average molecular weight is 238 g/mol. The van der Waals surface area contributed by atoms with Gasteiger partial charge in [-0.25, -0.2) is 4.98 Å². The second-order valence-corrected chi connectivity index (χ2v) is 4.30. The van der Waals surface area contributed by atoms with E-state index in [1.165, 1.54) is 5.56 Å². The van der Waals surface area contributed by atoms with Crippen LogP contribution in [0.5, 0.6) is 0 Å². The molecule has 0 saturated heterocycles. The van der Waals surface area contributed by atoms with Crippen molar-refractivity contribution in [1.82, 2.24) is 14.4 Å². The number of pyridine rings is 2. The van der Waals surface area contributed by atoms with Crippen LogP contribution in [0.1, 0.15) is 11.1 Å². The Morgan fingerprint density at radius 1 is 1.33 bits per heavy atom. The predicted octanol–water partition coefficient (Wildman–Crippen LogP) is 2.65. The van der Waals surface area contributed by atoms with E-state index in [0.29, 0.717) is 0 Å². The summed E-state index contributed by atoms with van der Waals surface area (Å²) >= 11 is 0. The molecule has 3 heterocycles. The maximum absolute atomic E-state index is 4.36. The Kier molecular flexibility index (Phi) is 2.68. The fourth-order valence-corrected chi connectivity index (χ4v) is 2.00. The van der Waals surface area contributed by atoms with Crippen LogP contribution < -0.4 is 5.32 Å². The molecule has 0 aliphatic heterocycles. The van der Waals surface area contributed by atoms with Gasteiger partial charge in [0.05, 0.1) is 5.69 Å². The second kappa shape index (κ2) is 4.49. The second-order valence-electron chi connectivity index (χ2n) is 4.30. The molecule has 0 spiro atoms. The normalized spacial score (nSPS) is 10.7. The molecule has 3 aromatic rings. The summed E-state index contributed by atoms with van der Waals surface area (Å²) in [5.74, 6) is 0. The average Bonchev–Trinajstić information content (AvgIpc) is 2.85. The van der Waals surface area contributed by atoms with Crippen LogP contribution in [0.15, 0.2) is 49.2 Å². The van der Waals surface area contributed by atoms with Gasteiger partial charge in [-0.3, -0.25) is 4.98 Å². The number of nitrogens with one attached hydrogen (secondary N) is 1. The lowest BCUT2D eigenvalue weighted by molar-refractivity contribution is 1.09. The van der Waals surface area contributed by atoms with E-state index in [9.17, 15) is 0 Å². The van der Waals surface area contributed by atoms with Crippen LogP contribution in [0, 0.1) is 6.92 Å². The van der Waals surface area contributed by atoms with Gasteiger partial charge in [0.1, 0.15) is 0 Å². The number of fused-ring (bicyclic) bond motifs is 1. The summed E-state index contributed by atoms with van der Waals surface area (Å²) < 4.78 is 2.03. The molecule has 3 aromatic heterocycles. The zero-order valence-electron chi connectivity index (χ0n) is 10.2. The Hall–Kier alpha value is -2.36. The maximum atomic E-state index is 4.36. The number of aromatic nitrogens is 3. The van der Waals surface area contributed by atoms with E-state index in [-0.39, 0.29) is 0 Å². The van der Waals surface area contributed by atoms with Gasteiger partial charge >= 0.3 is 0 Å². The molecule has 0 saturated carbocycles. The van der Waals surface area contributed by atoms with Crippen LogP contribution in [0.25, 0.3) is 5.65 Å². The molecule has 18 heavy (non-hydrogen) atoms. The first-order valence-electron chi connectivity index (χ1n) is 5.89. The van der Waals surface area contributed by atoms with Crippen molar-refractivity contribution < 1.29 is 0 Å². The van der Waals surface area contributed by atoms with Gasteiger partial charge in [0.2, 0.25) is 0 Å². The van der Waals surface area contributed by atoms with Crippen molar-refractivity contribution in [1.29, 1.82) is 0 Å². The van der Waals surface area contributed by atoms with Gasteiger partial charge in [0.25, 0.3) is 0 Å². The largest absolute Gasteiger partial charge is 0.378 e. The molecule has 90 valence electrons. The molecule has 0 aliphatic rings. The van der Waals surface area contributed by atoms with Gasteiger partial charge in [-0.15, -0.1) is 0 Å². The van der Waals surface area contributed by atoms with Crippen molar-refractivity contribution in [3.05, 3.63) is 60.3 Å². The molecule has 3 rings (SSSR count). The van der Waals surface area contributed by atoms with Gasteiger partial charge in [0.15, 0.2) is 5.65 Å².